The number of rotatable bonds is 43. The molecule has 0 saturated carbocycles. The molecular weight excluding hydrogens is 877 g/mol. The normalized spacial score (nSPS) is 19.1. The highest BCUT2D eigenvalue weighted by atomic mass is 16.7. The summed E-state index contributed by atoms with van der Waals surface area (Å²) in [4.78, 5) is 41.4. The number of ether oxygens (including phenoxy) is 5. The summed E-state index contributed by atoms with van der Waals surface area (Å²) in [6, 6.07) is 18.9. The van der Waals surface area contributed by atoms with E-state index in [-0.39, 0.29) is 62.9 Å². The summed E-state index contributed by atoms with van der Waals surface area (Å²) in [7, 11) is 1.32. The molecule has 3 rings (SSSR count). The molecule has 13 heteroatoms. The van der Waals surface area contributed by atoms with Crippen molar-refractivity contribution in [1.82, 2.24) is 10.2 Å². The molecule has 2 aromatic rings. The molecule has 1 aliphatic heterocycles. The second-order valence-electron chi connectivity index (χ2n) is 19.2. The van der Waals surface area contributed by atoms with Gasteiger partial charge in [-0.15, -0.1) is 0 Å². The van der Waals surface area contributed by atoms with Crippen LogP contribution in [0.25, 0.3) is 0 Å². The lowest BCUT2D eigenvalue weighted by Gasteiger charge is -2.42. The van der Waals surface area contributed by atoms with Crippen LogP contribution in [0.5, 0.6) is 0 Å². The fraction of sp³-hybridized carbons (Fsp3) is 0.732. The Balaban J connectivity index is 1.55. The van der Waals surface area contributed by atoms with Crippen LogP contribution in [0.15, 0.2) is 60.7 Å². The molecule has 392 valence electrons. The van der Waals surface area contributed by atoms with Gasteiger partial charge in [0, 0.05) is 19.4 Å². The number of unbranched alkanes of at least 4 members (excludes halogenated alkanes) is 16. The molecule has 1 fully saturated rings. The van der Waals surface area contributed by atoms with E-state index < -0.39 is 43.2 Å². The molecule has 13 nitrogen and oxygen atoms in total. The topological polar surface area (TPSA) is 173 Å². The average molecular weight is 969 g/mol. The average Bonchev–Trinajstić information content (AvgIpc) is 3.36. The highest BCUT2D eigenvalue weighted by Gasteiger charge is 2.45. The molecule has 7 atom stereocenters. The Bertz CT molecular complexity index is 1590. The Morgan fingerprint density at radius 1 is 0.638 bits per heavy atom. The number of carbonyl (C=O) groups is 3. The van der Waals surface area contributed by atoms with E-state index in [9.17, 15) is 29.7 Å². The first-order valence-corrected chi connectivity index (χ1v) is 26.8. The van der Waals surface area contributed by atoms with E-state index in [0.717, 1.165) is 56.1 Å². The zero-order chi connectivity index (χ0) is 49.7. The van der Waals surface area contributed by atoms with Gasteiger partial charge in [0.2, 0.25) is 0 Å². The summed E-state index contributed by atoms with van der Waals surface area (Å²) in [5.41, 5.74) is 2.08. The third-order valence-electron chi connectivity index (χ3n) is 13.1. The van der Waals surface area contributed by atoms with E-state index in [1.165, 1.54) is 90.6 Å². The number of nitrogens with zero attached hydrogens (tertiary/aromatic N) is 1. The molecule has 4 N–H and O–H groups in total. The SMILES string of the molecule is CCCCCCCCCCC[C@H](CC(=O)CN[C@H]1[C@H](OCCCN(CC(=O)C[C@@H](CCCCCCCCCCC)OCc2ccccc2)CC(=O)OC)O[C@H](CO)[C@@H](O)[C@@H]1O)OCc1ccccc1. The third kappa shape index (κ3) is 27.3. The largest absolute Gasteiger partial charge is 0.468 e. The van der Waals surface area contributed by atoms with E-state index in [2.05, 4.69) is 19.2 Å². The van der Waals surface area contributed by atoms with E-state index in [1.807, 2.05) is 60.7 Å². The Hall–Kier alpha value is -3.11. The van der Waals surface area contributed by atoms with Gasteiger partial charge in [-0.2, -0.15) is 0 Å². The first kappa shape index (κ1) is 60.2. The standard InChI is InChI=1S/C56H92N2O11/c1-4-6-8-10-12-14-16-18-26-33-49(67-43-45-29-22-20-23-30-45)37-47(60)39-57-53-55(64)54(63)51(42-59)69-56(53)66-36-28-35-58(41-52(62)65-3)40-48(61)38-50(68-44-46-31-24-21-25-32-46)34-27-19-17-15-13-11-9-7-5-2/h20-25,29-32,49-51,53-57,59,63-64H,4-19,26-28,33-44H2,1-3H3/t49-,50-,51-,53-,54-,55-,56-/m1/s1. The lowest BCUT2D eigenvalue weighted by Crippen LogP contribution is -2.64. The van der Waals surface area contributed by atoms with Crippen LogP contribution < -0.4 is 5.32 Å². The second kappa shape index (κ2) is 38.6. The van der Waals surface area contributed by atoms with Crippen LogP contribution in [0.1, 0.15) is 173 Å². The zero-order valence-corrected chi connectivity index (χ0v) is 42.8. The number of carbonyl (C=O) groups excluding carboxylic acids is 3. The fourth-order valence-corrected chi connectivity index (χ4v) is 8.95. The molecule has 0 bridgehead atoms. The summed E-state index contributed by atoms with van der Waals surface area (Å²) < 4.78 is 29.7. The first-order chi connectivity index (χ1) is 33.7. The van der Waals surface area contributed by atoms with E-state index in [4.69, 9.17) is 23.7 Å². The number of hydrogen-bond acceptors (Lipinski definition) is 13. The van der Waals surface area contributed by atoms with Crippen LogP contribution in [-0.4, -0.2) is 127 Å². The van der Waals surface area contributed by atoms with Gasteiger partial charge >= 0.3 is 5.97 Å². The smallest absolute Gasteiger partial charge is 0.319 e. The number of hydrogen-bond donors (Lipinski definition) is 4. The number of nitrogens with one attached hydrogen (secondary N) is 1. The minimum atomic E-state index is -1.42. The molecule has 1 saturated heterocycles. The molecule has 69 heavy (non-hydrogen) atoms. The lowest BCUT2D eigenvalue weighted by molar-refractivity contribution is -0.270. The molecule has 0 amide bonds. The molecule has 1 heterocycles. The molecular formula is C56H92N2O11. The summed E-state index contributed by atoms with van der Waals surface area (Å²) in [5, 5.41) is 35.1. The molecule has 0 unspecified atom stereocenters. The summed E-state index contributed by atoms with van der Waals surface area (Å²) in [6.45, 7) is 4.96. The van der Waals surface area contributed by atoms with Crippen LogP contribution in [0, 0.1) is 0 Å². The van der Waals surface area contributed by atoms with Crippen molar-refractivity contribution >= 4 is 17.5 Å². The van der Waals surface area contributed by atoms with E-state index in [1.54, 1.807) is 4.90 Å². The predicted octanol–water partition coefficient (Wildman–Crippen LogP) is 9.20. The third-order valence-corrected chi connectivity index (χ3v) is 13.1. The summed E-state index contributed by atoms with van der Waals surface area (Å²) in [6.07, 6.45) is 18.4. The van der Waals surface area contributed by atoms with Crippen molar-refractivity contribution < 1.29 is 53.4 Å². The maximum absolute atomic E-state index is 13.6. The maximum atomic E-state index is 13.6. The minimum Gasteiger partial charge on any atom is -0.468 e. The Morgan fingerprint density at radius 3 is 1.59 bits per heavy atom. The monoisotopic (exact) mass is 969 g/mol. The number of benzene rings is 2. The highest BCUT2D eigenvalue weighted by molar-refractivity contribution is 5.82. The summed E-state index contributed by atoms with van der Waals surface area (Å²) >= 11 is 0. The van der Waals surface area contributed by atoms with Gasteiger partial charge in [-0.25, -0.2) is 0 Å². The molecule has 0 aromatic heterocycles. The van der Waals surface area contributed by atoms with E-state index in [0.29, 0.717) is 26.2 Å². The van der Waals surface area contributed by atoms with Gasteiger partial charge in [0.05, 0.1) is 71.4 Å². The van der Waals surface area contributed by atoms with Crippen LogP contribution in [0.2, 0.25) is 0 Å². The van der Waals surface area contributed by atoms with Crippen molar-refractivity contribution in [1.29, 1.82) is 0 Å². The van der Waals surface area contributed by atoms with Crippen LogP contribution in [0.4, 0.5) is 0 Å². The summed E-state index contributed by atoms with van der Waals surface area (Å²) in [5.74, 6) is -0.622. The van der Waals surface area contributed by atoms with Crippen molar-refractivity contribution in [3.63, 3.8) is 0 Å². The predicted molar refractivity (Wildman–Crippen MR) is 272 cm³/mol. The molecule has 0 spiro atoms. The number of aliphatic hydroxyl groups excluding tert-OH is 3. The van der Waals surface area contributed by atoms with Crippen LogP contribution in [-0.2, 0) is 51.3 Å². The quantitative estimate of drug-likeness (QED) is 0.0366. The van der Waals surface area contributed by atoms with Crippen molar-refractivity contribution in [3.8, 4) is 0 Å². The second-order valence-corrected chi connectivity index (χ2v) is 19.2. The fourth-order valence-electron chi connectivity index (χ4n) is 8.95. The number of Topliss-reactive ketones (excluding diaryl/α,β-unsaturated/α-hetero) is 2. The van der Waals surface area contributed by atoms with Crippen LogP contribution >= 0.6 is 0 Å². The number of aliphatic hydroxyl groups is 3. The van der Waals surface area contributed by atoms with Crippen molar-refractivity contribution in [2.24, 2.45) is 0 Å². The number of ketones is 2. The highest BCUT2D eigenvalue weighted by Crippen LogP contribution is 2.24. The maximum Gasteiger partial charge on any atom is 0.319 e. The molecule has 0 aliphatic carbocycles. The van der Waals surface area contributed by atoms with Gasteiger partial charge in [0.1, 0.15) is 29.9 Å². The van der Waals surface area contributed by atoms with Crippen molar-refractivity contribution in [2.75, 3.05) is 46.5 Å². The number of esters is 1. The van der Waals surface area contributed by atoms with Crippen molar-refractivity contribution in [2.45, 2.75) is 218 Å². The number of methoxy groups -OCH3 is 1. The molecule has 0 radical (unpaired) electrons. The van der Waals surface area contributed by atoms with Gasteiger partial charge < -0.3 is 44.3 Å². The van der Waals surface area contributed by atoms with Crippen LogP contribution in [0.3, 0.4) is 0 Å². The Labute approximate surface area is 415 Å². The minimum absolute atomic E-state index is 0.0248. The first-order valence-electron chi connectivity index (χ1n) is 26.8. The van der Waals surface area contributed by atoms with E-state index >= 15 is 0 Å². The lowest BCUT2D eigenvalue weighted by atomic mass is 9.96. The zero-order valence-electron chi connectivity index (χ0n) is 42.8. The Kier molecular flexibility index (Phi) is 33.6. The van der Waals surface area contributed by atoms with Gasteiger partial charge in [0.15, 0.2) is 6.29 Å². The Morgan fingerprint density at radius 2 is 1.12 bits per heavy atom. The molecule has 1 aliphatic rings. The molecule has 2 aromatic carbocycles. The van der Waals surface area contributed by atoms with Gasteiger partial charge in [-0.1, -0.05) is 190 Å². The van der Waals surface area contributed by atoms with Gasteiger partial charge in [0.25, 0.3) is 0 Å². The van der Waals surface area contributed by atoms with Gasteiger partial charge in [-0.05, 0) is 30.4 Å². The van der Waals surface area contributed by atoms with Gasteiger partial charge in [-0.3, -0.25) is 19.3 Å². The van der Waals surface area contributed by atoms with Crippen molar-refractivity contribution in [3.05, 3.63) is 71.8 Å².